The van der Waals surface area contributed by atoms with Gasteiger partial charge in [0.1, 0.15) is 17.2 Å². The number of ether oxygens (including phenoxy) is 3. The minimum Gasteiger partial charge on any atom is -0.494 e. The molecule has 0 saturated heterocycles. The number of carbonyl (C=O) groups is 2. The maximum absolute atomic E-state index is 12.9. The minimum absolute atomic E-state index is 0.147. The second-order valence-corrected chi connectivity index (χ2v) is 16.6. The van der Waals surface area contributed by atoms with E-state index in [0.717, 1.165) is 48.7 Å². The third kappa shape index (κ3) is 23.1. The Hall–Kier alpha value is -3.64. The van der Waals surface area contributed by atoms with E-state index in [1.54, 1.807) is 36.4 Å². The van der Waals surface area contributed by atoms with Gasteiger partial charge in [-0.25, -0.2) is 4.79 Å². The number of allylic oxidation sites excluding steroid dienone is 1. The van der Waals surface area contributed by atoms with Crippen LogP contribution in [-0.2, 0) is 4.79 Å². The van der Waals surface area contributed by atoms with Crippen molar-refractivity contribution >= 4 is 39.8 Å². The van der Waals surface area contributed by atoms with Crippen LogP contribution in [0.5, 0.6) is 17.2 Å². The molecule has 0 aliphatic carbocycles. The van der Waals surface area contributed by atoms with Crippen molar-refractivity contribution in [2.45, 2.75) is 168 Å². The molecule has 0 aromatic heterocycles. The van der Waals surface area contributed by atoms with Gasteiger partial charge in [0.2, 0.25) is 0 Å². The van der Waals surface area contributed by atoms with E-state index < -0.39 is 5.97 Å². The Kier molecular flexibility index (Phi) is 27.1. The molecule has 318 valence electrons. The number of unbranched alkanes of at least 4 members (excludes halogenated alkanes) is 22. The molecular formula is C52H73BrO5. The highest BCUT2D eigenvalue weighted by Gasteiger charge is 2.10. The summed E-state index contributed by atoms with van der Waals surface area (Å²) in [6.45, 7) is 5.99. The van der Waals surface area contributed by atoms with Crippen LogP contribution in [0.1, 0.15) is 189 Å². The Morgan fingerprint density at radius 2 is 0.862 bits per heavy atom. The Balaban J connectivity index is 1.26. The van der Waals surface area contributed by atoms with E-state index in [4.69, 9.17) is 14.2 Å². The molecule has 0 fully saturated rings. The molecule has 0 aliphatic heterocycles. The van der Waals surface area contributed by atoms with Crippen LogP contribution < -0.4 is 14.2 Å². The van der Waals surface area contributed by atoms with Crippen molar-refractivity contribution in [3.05, 3.63) is 100 Å². The van der Waals surface area contributed by atoms with Gasteiger partial charge in [0, 0.05) is 11.6 Å². The SMILES string of the molecule is CCCCCCCCCCCCCCCCOc1ccc(/C=C/C(=O)Oc2ccc(C(=O)/C=C/c3ccc(OCCCCCCCCCCCC)cc3)cc2Br)cc1. The fourth-order valence-electron chi connectivity index (χ4n) is 6.93. The standard InChI is InChI=1S/C52H73BrO5/c1-3-5-7-9-11-13-15-16-17-18-20-22-24-26-42-57-48-36-29-45(30-37-48)32-40-52(55)58-51-39-33-46(43-49(51)53)50(54)38-31-44-27-34-47(35-28-44)56-41-25-23-21-19-14-12-10-8-6-4-2/h27-40,43H,3-26,41-42H2,1-2H3/b38-31+,40-32+. The predicted octanol–water partition coefficient (Wildman–Crippen LogP) is 16.1. The second-order valence-electron chi connectivity index (χ2n) is 15.7. The Morgan fingerprint density at radius 3 is 1.26 bits per heavy atom. The molecule has 0 amide bonds. The van der Waals surface area contributed by atoms with Crippen molar-refractivity contribution in [3.63, 3.8) is 0 Å². The summed E-state index contributed by atoms with van der Waals surface area (Å²) in [7, 11) is 0. The van der Waals surface area contributed by atoms with Crippen LogP contribution >= 0.6 is 15.9 Å². The first-order chi connectivity index (χ1) is 28.5. The van der Waals surface area contributed by atoms with Crippen LogP contribution in [0.2, 0.25) is 0 Å². The summed E-state index contributed by atoms with van der Waals surface area (Å²) < 4.78 is 17.9. The van der Waals surface area contributed by atoms with Gasteiger partial charge in [0.05, 0.1) is 17.7 Å². The summed E-state index contributed by atoms with van der Waals surface area (Å²) in [6, 6.07) is 20.5. The van der Waals surface area contributed by atoms with E-state index in [2.05, 4.69) is 29.8 Å². The molecule has 58 heavy (non-hydrogen) atoms. The Labute approximate surface area is 360 Å². The van der Waals surface area contributed by atoms with E-state index in [1.807, 2.05) is 48.5 Å². The minimum atomic E-state index is -0.506. The highest BCUT2D eigenvalue weighted by molar-refractivity contribution is 9.10. The molecular weight excluding hydrogens is 784 g/mol. The summed E-state index contributed by atoms with van der Waals surface area (Å²) in [5.74, 6) is 1.37. The molecule has 0 aliphatic rings. The summed E-state index contributed by atoms with van der Waals surface area (Å²) in [4.78, 5) is 25.5. The first kappa shape index (κ1) is 48.7. The summed E-state index contributed by atoms with van der Waals surface area (Å²) in [6.07, 6.45) is 38.3. The number of hydrogen-bond acceptors (Lipinski definition) is 5. The molecule has 3 aromatic carbocycles. The van der Waals surface area contributed by atoms with Crippen LogP contribution in [0.4, 0.5) is 0 Å². The lowest BCUT2D eigenvalue weighted by molar-refractivity contribution is -0.128. The summed E-state index contributed by atoms with van der Waals surface area (Å²) in [5.41, 5.74) is 2.28. The van der Waals surface area contributed by atoms with Gasteiger partial charge in [-0.2, -0.15) is 0 Å². The molecule has 0 atom stereocenters. The van der Waals surface area contributed by atoms with E-state index >= 15 is 0 Å². The van der Waals surface area contributed by atoms with E-state index in [-0.39, 0.29) is 5.78 Å². The van der Waals surface area contributed by atoms with Crippen LogP contribution in [0.25, 0.3) is 12.2 Å². The van der Waals surface area contributed by atoms with Crippen LogP contribution in [0, 0.1) is 0 Å². The van der Waals surface area contributed by atoms with Gasteiger partial charge in [-0.1, -0.05) is 185 Å². The number of hydrogen-bond donors (Lipinski definition) is 0. The van der Waals surface area contributed by atoms with Crippen molar-refractivity contribution in [3.8, 4) is 17.2 Å². The zero-order chi connectivity index (χ0) is 41.3. The van der Waals surface area contributed by atoms with Crippen molar-refractivity contribution in [1.29, 1.82) is 0 Å². The first-order valence-electron chi connectivity index (χ1n) is 22.9. The van der Waals surface area contributed by atoms with Gasteiger partial charge >= 0.3 is 5.97 Å². The van der Waals surface area contributed by atoms with Gasteiger partial charge < -0.3 is 14.2 Å². The van der Waals surface area contributed by atoms with E-state index in [0.29, 0.717) is 15.8 Å². The molecule has 0 spiro atoms. The first-order valence-corrected chi connectivity index (χ1v) is 23.7. The van der Waals surface area contributed by atoms with Crippen molar-refractivity contribution in [2.24, 2.45) is 0 Å². The highest BCUT2D eigenvalue weighted by atomic mass is 79.9. The van der Waals surface area contributed by atoms with Crippen LogP contribution in [0.3, 0.4) is 0 Å². The molecule has 3 rings (SSSR count). The van der Waals surface area contributed by atoms with Crippen LogP contribution in [0.15, 0.2) is 83.4 Å². The van der Waals surface area contributed by atoms with E-state index in [9.17, 15) is 9.59 Å². The Morgan fingerprint density at radius 1 is 0.483 bits per heavy atom. The van der Waals surface area contributed by atoms with Gasteiger partial charge in [-0.3, -0.25) is 4.79 Å². The molecule has 0 radical (unpaired) electrons. The quantitative estimate of drug-likeness (QED) is 0.0197. The molecule has 0 heterocycles. The number of carbonyl (C=O) groups excluding carboxylic acids is 2. The van der Waals surface area contributed by atoms with Gasteiger partial charge in [-0.15, -0.1) is 0 Å². The normalized spacial score (nSPS) is 11.4. The number of esters is 1. The monoisotopic (exact) mass is 856 g/mol. The number of rotatable bonds is 34. The summed E-state index contributed by atoms with van der Waals surface area (Å²) >= 11 is 3.46. The topological polar surface area (TPSA) is 61.8 Å². The summed E-state index contributed by atoms with van der Waals surface area (Å²) in [5, 5.41) is 0. The number of halogens is 1. The van der Waals surface area contributed by atoms with Gasteiger partial charge in [0.15, 0.2) is 5.78 Å². The van der Waals surface area contributed by atoms with Crippen molar-refractivity contribution in [2.75, 3.05) is 13.2 Å². The zero-order valence-corrected chi connectivity index (χ0v) is 37.6. The third-order valence-electron chi connectivity index (χ3n) is 10.6. The largest absolute Gasteiger partial charge is 0.494 e. The molecule has 5 nitrogen and oxygen atoms in total. The zero-order valence-electron chi connectivity index (χ0n) is 36.0. The molecule has 0 N–H and O–H groups in total. The average molecular weight is 858 g/mol. The van der Waals surface area contributed by atoms with Crippen LogP contribution in [-0.4, -0.2) is 25.0 Å². The lowest BCUT2D eigenvalue weighted by Crippen LogP contribution is -2.05. The smallest absolute Gasteiger partial charge is 0.336 e. The number of ketones is 1. The van der Waals surface area contributed by atoms with E-state index in [1.165, 1.54) is 147 Å². The fraction of sp³-hybridized carbons (Fsp3) is 0.538. The van der Waals surface area contributed by atoms with Gasteiger partial charge in [0.25, 0.3) is 0 Å². The Bertz CT molecular complexity index is 1580. The predicted molar refractivity (Wildman–Crippen MR) is 248 cm³/mol. The van der Waals surface area contributed by atoms with Crippen molar-refractivity contribution < 1.29 is 23.8 Å². The molecule has 0 saturated carbocycles. The second kappa shape index (κ2) is 32.2. The maximum Gasteiger partial charge on any atom is 0.336 e. The molecule has 3 aromatic rings. The average Bonchev–Trinajstić information content (AvgIpc) is 3.24. The molecule has 0 unspecified atom stereocenters. The maximum atomic E-state index is 12.9. The fourth-order valence-corrected chi connectivity index (χ4v) is 7.39. The molecule has 6 heteroatoms. The lowest BCUT2D eigenvalue weighted by atomic mass is 10.0. The third-order valence-corrected chi connectivity index (χ3v) is 11.2. The van der Waals surface area contributed by atoms with Gasteiger partial charge in [-0.05, 0) is 94.5 Å². The van der Waals surface area contributed by atoms with Crippen molar-refractivity contribution in [1.82, 2.24) is 0 Å². The number of benzene rings is 3. The molecule has 0 bridgehead atoms. The lowest BCUT2D eigenvalue weighted by Gasteiger charge is -2.07. The highest BCUT2D eigenvalue weighted by Crippen LogP contribution is 2.27.